The zero-order valence-corrected chi connectivity index (χ0v) is 9.56. The van der Waals surface area contributed by atoms with Gasteiger partial charge in [-0.1, -0.05) is 6.92 Å². The summed E-state index contributed by atoms with van der Waals surface area (Å²) in [5.41, 5.74) is 0.631. The van der Waals surface area contributed by atoms with E-state index in [1.165, 1.54) is 0 Å². The van der Waals surface area contributed by atoms with E-state index in [1.807, 2.05) is 13.0 Å². The van der Waals surface area contributed by atoms with E-state index in [1.54, 1.807) is 31.2 Å². The molecule has 0 aliphatic carbocycles. The summed E-state index contributed by atoms with van der Waals surface area (Å²) in [6, 6.07) is 9.03. The SMILES string of the molecule is CCOc1ccc(C(=O)C(C)CC#N)cc1. The molecule has 1 aromatic carbocycles. The summed E-state index contributed by atoms with van der Waals surface area (Å²) in [5.74, 6) is 0.513. The molecule has 1 atom stereocenters. The molecular weight excluding hydrogens is 202 g/mol. The van der Waals surface area contributed by atoms with Gasteiger partial charge in [-0.2, -0.15) is 5.26 Å². The molecule has 0 saturated carbocycles. The molecule has 84 valence electrons. The van der Waals surface area contributed by atoms with Crippen molar-refractivity contribution in [1.29, 1.82) is 5.26 Å². The molecule has 0 radical (unpaired) electrons. The molecule has 3 heteroatoms. The molecule has 0 aromatic heterocycles. The summed E-state index contributed by atoms with van der Waals surface area (Å²) in [7, 11) is 0. The normalized spacial score (nSPS) is 11.6. The Morgan fingerprint density at radius 2 is 2.06 bits per heavy atom. The fourth-order valence-electron chi connectivity index (χ4n) is 1.40. The Hall–Kier alpha value is -1.82. The number of rotatable bonds is 5. The molecule has 1 aromatic rings. The number of ether oxygens (including phenoxy) is 1. The van der Waals surface area contributed by atoms with E-state index >= 15 is 0 Å². The predicted molar refractivity (Wildman–Crippen MR) is 61.3 cm³/mol. The average molecular weight is 217 g/mol. The van der Waals surface area contributed by atoms with Gasteiger partial charge in [0.05, 0.1) is 12.7 Å². The Kier molecular flexibility index (Phi) is 4.53. The lowest BCUT2D eigenvalue weighted by Gasteiger charge is -2.07. The lowest BCUT2D eigenvalue weighted by Crippen LogP contribution is -2.10. The van der Waals surface area contributed by atoms with E-state index in [0.717, 1.165) is 5.75 Å². The molecule has 1 unspecified atom stereocenters. The van der Waals surface area contributed by atoms with E-state index in [0.29, 0.717) is 12.2 Å². The van der Waals surface area contributed by atoms with Crippen molar-refractivity contribution in [3.05, 3.63) is 29.8 Å². The number of ketones is 1. The van der Waals surface area contributed by atoms with E-state index in [2.05, 4.69) is 0 Å². The van der Waals surface area contributed by atoms with Gasteiger partial charge in [0, 0.05) is 17.9 Å². The van der Waals surface area contributed by atoms with Crippen LogP contribution in [0.25, 0.3) is 0 Å². The Morgan fingerprint density at radius 3 is 2.56 bits per heavy atom. The first kappa shape index (κ1) is 12.3. The summed E-state index contributed by atoms with van der Waals surface area (Å²) < 4.78 is 5.28. The standard InChI is InChI=1S/C13H15NO2/c1-3-16-12-6-4-11(5-7-12)13(15)10(2)8-9-14/h4-7,10H,3,8H2,1-2H3. The quantitative estimate of drug-likeness (QED) is 0.712. The second-order valence-electron chi connectivity index (χ2n) is 3.58. The smallest absolute Gasteiger partial charge is 0.166 e. The van der Waals surface area contributed by atoms with Crippen LogP contribution in [0.1, 0.15) is 30.6 Å². The fourth-order valence-corrected chi connectivity index (χ4v) is 1.40. The zero-order valence-electron chi connectivity index (χ0n) is 9.56. The summed E-state index contributed by atoms with van der Waals surface area (Å²) in [6.45, 7) is 4.29. The maximum Gasteiger partial charge on any atom is 0.166 e. The minimum absolute atomic E-state index is 0.00426. The Bertz CT molecular complexity index is 389. The van der Waals surface area contributed by atoms with Gasteiger partial charge in [-0.3, -0.25) is 4.79 Å². The molecule has 1 rings (SSSR count). The minimum atomic E-state index is -0.247. The molecule has 0 heterocycles. The first-order valence-electron chi connectivity index (χ1n) is 5.33. The molecule has 0 saturated heterocycles. The van der Waals surface area contributed by atoms with Crippen molar-refractivity contribution in [2.75, 3.05) is 6.61 Å². The van der Waals surface area contributed by atoms with Crippen LogP contribution in [0.2, 0.25) is 0 Å². The molecule has 3 nitrogen and oxygen atoms in total. The van der Waals surface area contributed by atoms with Gasteiger partial charge in [-0.25, -0.2) is 0 Å². The van der Waals surface area contributed by atoms with Gasteiger partial charge >= 0.3 is 0 Å². The first-order valence-corrected chi connectivity index (χ1v) is 5.33. The van der Waals surface area contributed by atoms with Crippen LogP contribution in [0.15, 0.2) is 24.3 Å². The number of Topliss-reactive ketones (excluding diaryl/α,β-unsaturated/α-hetero) is 1. The topological polar surface area (TPSA) is 50.1 Å². The second-order valence-corrected chi connectivity index (χ2v) is 3.58. The van der Waals surface area contributed by atoms with Crippen LogP contribution in [0.4, 0.5) is 0 Å². The predicted octanol–water partition coefficient (Wildman–Crippen LogP) is 2.82. The van der Waals surface area contributed by atoms with Crippen LogP contribution in [-0.2, 0) is 0 Å². The third-order valence-electron chi connectivity index (χ3n) is 2.29. The highest BCUT2D eigenvalue weighted by atomic mass is 16.5. The third kappa shape index (κ3) is 3.09. The molecule has 0 spiro atoms. The van der Waals surface area contributed by atoms with Crippen LogP contribution < -0.4 is 4.74 Å². The lowest BCUT2D eigenvalue weighted by molar-refractivity contribution is 0.0932. The number of hydrogen-bond acceptors (Lipinski definition) is 3. The summed E-state index contributed by atoms with van der Waals surface area (Å²) in [4.78, 5) is 11.8. The number of benzene rings is 1. The number of carbonyl (C=O) groups is 1. The molecule has 0 aliphatic heterocycles. The first-order chi connectivity index (χ1) is 7.69. The van der Waals surface area contributed by atoms with Gasteiger partial charge in [-0.05, 0) is 31.2 Å². The maximum absolute atomic E-state index is 11.8. The van der Waals surface area contributed by atoms with Crippen LogP contribution in [0.5, 0.6) is 5.75 Å². The van der Waals surface area contributed by atoms with Gasteiger partial charge in [0.15, 0.2) is 5.78 Å². The van der Waals surface area contributed by atoms with Gasteiger partial charge in [-0.15, -0.1) is 0 Å². The fraction of sp³-hybridized carbons (Fsp3) is 0.385. The second kappa shape index (κ2) is 5.92. The Labute approximate surface area is 95.7 Å². The van der Waals surface area contributed by atoms with Crippen molar-refractivity contribution in [3.8, 4) is 11.8 Å². The monoisotopic (exact) mass is 217 g/mol. The van der Waals surface area contributed by atoms with E-state index < -0.39 is 0 Å². The third-order valence-corrected chi connectivity index (χ3v) is 2.29. The summed E-state index contributed by atoms with van der Waals surface area (Å²) in [5, 5.41) is 8.52. The van der Waals surface area contributed by atoms with E-state index in [4.69, 9.17) is 10.00 Å². The molecule has 0 amide bonds. The van der Waals surface area contributed by atoms with Gasteiger partial charge < -0.3 is 4.74 Å². The largest absolute Gasteiger partial charge is 0.494 e. The van der Waals surface area contributed by atoms with E-state index in [9.17, 15) is 4.79 Å². The van der Waals surface area contributed by atoms with Crippen molar-refractivity contribution in [2.45, 2.75) is 20.3 Å². The lowest BCUT2D eigenvalue weighted by atomic mass is 9.97. The van der Waals surface area contributed by atoms with Crippen LogP contribution in [-0.4, -0.2) is 12.4 Å². The van der Waals surface area contributed by atoms with Crippen LogP contribution in [0, 0.1) is 17.2 Å². The number of nitriles is 1. The Balaban J connectivity index is 2.74. The number of carbonyl (C=O) groups excluding carboxylic acids is 1. The average Bonchev–Trinajstić information content (AvgIpc) is 2.30. The highest BCUT2D eigenvalue weighted by Crippen LogP contribution is 2.16. The molecule has 16 heavy (non-hydrogen) atoms. The molecular formula is C13H15NO2. The summed E-state index contributed by atoms with van der Waals surface area (Å²) in [6.07, 6.45) is 0.256. The summed E-state index contributed by atoms with van der Waals surface area (Å²) >= 11 is 0. The zero-order chi connectivity index (χ0) is 12.0. The molecule has 0 N–H and O–H groups in total. The maximum atomic E-state index is 11.8. The van der Waals surface area contributed by atoms with E-state index in [-0.39, 0.29) is 18.1 Å². The van der Waals surface area contributed by atoms with Crippen LogP contribution >= 0.6 is 0 Å². The minimum Gasteiger partial charge on any atom is -0.494 e. The molecule has 0 bridgehead atoms. The highest BCUT2D eigenvalue weighted by Gasteiger charge is 2.14. The van der Waals surface area contributed by atoms with Crippen molar-refractivity contribution in [3.63, 3.8) is 0 Å². The molecule has 0 aliphatic rings. The number of nitrogens with zero attached hydrogens (tertiary/aromatic N) is 1. The highest BCUT2D eigenvalue weighted by molar-refractivity contribution is 5.97. The number of hydrogen-bond donors (Lipinski definition) is 0. The van der Waals surface area contributed by atoms with Gasteiger partial charge in [0.1, 0.15) is 5.75 Å². The Morgan fingerprint density at radius 1 is 1.44 bits per heavy atom. The van der Waals surface area contributed by atoms with Crippen molar-refractivity contribution >= 4 is 5.78 Å². The van der Waals surface area contributed by atoms with Crippen molar-refractivity contribution in [2.24, 2.45) is 5.92 Å². The molecule has 0 fully saturated rings. The van der Waals surface area contributed by atoms with Gasteiger partial charge in [0.25, 0.3) is 0 Å². The van der Waals surface area contributed by atoms with Crippen molar-refractivity contribution < 1.29 is 9.53 Å². The van der Waals surface area contributed by atoms with Gasteiger partial charge in [0.2, 0.25) is 0 Å². The van der Waals surface area contributed by atoms with Crippen molar-refractivity contribution in [1.82, 2.24) is 0 Å². The van der Waals surface area contributed by atoms with Crippen LogP contribution in [0.3, 0.4) is 0 Å².